The molecule has 0 aromatic carbocycles. The number of aliphatic carboxylic acids is 1. The number of nitrogens with zero attached hydrogens (tertiary/aromatic N) is 2. The lowest BCUT2D eigenvalue weighted by Crippen LogP contribution is -2.58. The van der Waals surface area contributed by atoms with Gasteiger partial charge >= 0.3 is 12.0 Å². The minimum atomic E-state index is -1.04. The Kier molecular flexibility index (Phi) is 2.65. The summed E-state index contributed by atoms with van der Waals surface area (Å²) in [6.07, 6.45) is 2.33. The molecule has 3 aliphatic rings. The molecule has 1 aliphatic carbocycles. The number of piperazine rings is 1. The van der Waals surface area contributed by atoms with Gasteiger partial charge in [-0.25, -0.2) is 9.59 Å². The molecule has 3 amide bonds. The van der Waals surface area contributed by atoms with Gasteiger partial charge in [-0.1, -0.05) is 0 Å². The minimum absolute atomic E-state index is 0.104. The molecule has 7 heteroatoms. The van der Waals surface area contributed by atoms with E-state index in [1.165, 1.54) is 0 Å². The predicted molar refractivity (Wildman–Crippen MR) is 64.4 cm³/mol. The first kappa shape index (κ1) is 12.3. The standard InChI is InChI=1S/C12H17N3O4/c16-9-2-1-8-7-14(5-6-15(8)9)11(19)13-12(3-4-12)10(17)18/h8H,1-7H2,(H,13,19)(H,17,18). The third kappa shape index (κ3) is 2.02. The summed E-state index contributed by atoms with van der Waals surface area (Å²) >= 11 is 0. The fraction of sp³-hybridized carbons (Fsp3) is 0.750. The average molecular weight is 267 g/mol. The highest BCUT2D eigenvalue weighted by atomic mass is 16.4. The highest BCUT2D eigenvalue weighted by Gasteiger charge is 2.52. The fourth-order valence-electron chi connectivity index (χ4n) is 2.85. The molecular formula is C12H17N3O4. The van der Waals surface area contributed by atoms with Crippen molar-refractivity contribution in [1.82, 2.24) is 15.1 Å². The van der Waals surface area contributed by atoms with Crippen molar-refractivity contribution in [2.75, 3.05) is 19.6 Å². The van der Waals surface area contributed by atoms with Gasteiger partial charge in [0.2, 0.25) is 5.91 Å². The molecule has 0 bridgehead atoms. The van der Waals surface area contributed by atoms with E-state index in [4.69, 9.17) is 5.11 Å². The van der Waals surface area contributed by atoms with Crippen LogP contribution in [0.15, 0.2) is 0 Å². The largest absolute Gasteiger partial charge is 0.480 e. The SMILES string of the molecule is O=C(NC1(C(=O)O)CC1)N1CCN2C(=O)CCC2C1. The maximum Gasteiger partial charge on any atom is 0.329 e. The van der Waals surface area contributed by atoms with Crippen molar-refractivity contribution in [3.8, 4) is 0 Å². The van der Waals surface area contributed by atoms with E-state index in [9.17, 15) is 14.4 Å². The number of hydrogen-bond acceptors (Lipinski definition) is 3. The van der Waals surface area contributed by atoms with Crippen LogP contribution in [-0.4, -0.2) is 64.0 Å². The number of carboxylic acids is 1. The number of carboxylic acid groups (broad SMARTS) is 1. The van der Waals surface area contributed by atoms with Crippen LogP contribution >= 0.6 is 0 Å². The van der Waals surface area contributed by atoms with Crippen molar-refractivity contribution in [3.63, 3.8) is 0 Å². The maximum absolute atomic E-state index is 12.1. The number of carbonyl (C=O) groups excluding carboxylic acids is 2. The van der Waals surface area contributed by atoms with Gasteiger partial charge in [0.25, 0.3) is 0 Å². The Labute approximate surface area is 110 Å². The smallest absolute Gasteiger partial charge is 0.329 e. The third-order valence-corrected chi connectivity index (χ3v) is 4.29. The van der Waals surface area contributed by atoms with Gasteiger partial charge in [0.05, 0.1) is 0 Å². The summed E-state index contributed by atoms with van der Waals surface area (Å²) in [5, 5.41) is 11.7. The van der Waals surface area contributed by atoms with E-state index in [2.05, 4.69) is 5.32 Å². The topological polar surface area (TPSA) is 89.9 Å². The summed E-state index contributed by atoms with van der Waals surface area (Å²) in [6.45, 7) is 1.54. The Hall–Kier alpha value is -1.79. The second-order valence-corrected chi connectivity index (χ2v) is 5.54. The molecule has 19 heavy (non-hydrogen) atoms. The second kappa shape index (κ2) is 4.11. The summed E-state index contributed by atoms with van der Waals surface area (Å²) in [6, 6.07) is -0.217. The van der Waals surface area contributed by atoms with Crippen LogP contribution < -0.4 is 5.32 Å². The molecular weight excluding hydrogens is 250 g/mol. The molecule has 2 heterocycles. The van der Waals surface area contributed by atoms with E-state index in [0.717, 1.165) is 6.42 Å². The zero-order valence-electron chi connectivity index (χ0n) is 10.6. The number of urea groups is 1. The Morgan fingerprint density at radius 2 is 2.05 bits per heavy atom. The summed E-state index contributed by atoms with van der Waals surface area (Å²) < 4.78 is 0. The van der Waals surface area contributed by atoms with Crippen molar-refractivity contribution >= 4 is 17.9 Å². The Balaban J connectivity index is 1.60. The van der Waals surface area contributed by atoms with Crippen molar-refractivity contribution in [3.05, 3.63) is 0 Å². The molecule has 0 spiro atoms. The van der Waals surface area contributed by atoms with Crippen LogP contribution in [0.4, 0.5) is 4.79 Å². The molecule has 0 radical (unpaired) electrons. The van der Waals surface area contributed by atoms with Gasteiger partial charge < -0.3 is 20.2 Å². The van der Waals surface area contributed by atoms with Crippen LogP contribution in [0.1, 0.15) is 25.7 Å². The predicted octanol–water partition coefficient (Wildman–Crippen LogP) is -0.380. The maximum atomic E-state index is 12.1. The van der Waals surface area contributed by atoms with Gasteiger partial charge in [-0.2, -0.15) is 0 Å². The first-order chi connectivity index (χ1) is 9.02. The number of amides is 3. The molecule has 2 N–H and O–H groups in total. The molecule has 0 aromatic rings. The number of carbonyl (C=O) groups is 3. The van der Waals surface area contributed by atoms with Crippen molar-refractivity contribution in [2.45, 2.75) is 37.3 Å². The molecule has 1 atom stereocenters. The molecule has 7 nitrogen and oxygen atoms in total. The highest BCUT2D eigenvalue weighted by Crippen LogP contribution is 2.35. The quantitative estimate of drug-likeness (QED) is 0.713. The first-order valence-electron chi connectivity index (χ1n) is 6.62. The zero-order valence-corrected chi connectivity index (χ0v) is 10.6. The van der Waals surface area contributed by atoms with E-state index >= 15 is 0 Å². The lowest BCUT2D eigenvalue weighted by Gasteiger charge is -2.37. The summed E-state index contributed by atoms with van der Waals surface area (Å²) in [4.78, 5) is 38.1. The average Bonchev–Trinajstić information content (AvgIpc) is 3.08. The van der Waals surface area contributed by atoms with Gasteiger partial charge in [0, 0.05) is 32.1 Å². The lowest BCUT2D eigenvalue weighted by molar-refractivity contribution is -0.140. The van der Waals surface area contributed by atoms with Crippen LogP contribution in [0, 0.1) is 0 Å². The van der Waals surface area contributed by atoms with Gasteiger partial charge in [-0.15, -0.1) is 0 Å². The van der Waals surface area contributed by atoms with Gasteiger partial charge in [0.1, 0.15) is 5.54 Å². The van der Waals surface area contributed by atoms with Crippen molar-refractivity contribution in [2.24, 2.45) is 0 Å². The van der Waals surface area contributed by atoms with Gasteiger partial charge in [0.15, 0.2) is 0 Å². The molecule has 3 fully saturated rings. The number of rotatable bonds is 2. The molecule has 3 rings (SSSR count). The first-order valence-corrected chi connectivity index (χ1v) is 6.62. The van der Waals surface area contributed by atoms with Crippen LogP contribution in [0.25, 0.3) is 0 Å². The lowest BCUT2D eigenvalue weighted by atomic mass is 10.1. The van der Waals surface area contributed by atoms with E-state index in [-0.39, 0.29) is 18.0 Å². The van der Waals surface area contributed by atoms with Gasteiger partial charge in [-0.3, -0.25) is 4.79 Å². The fourth-order valence-corrected chi connectivity index (χ4v) is 2.85. The van der Waals surface area contributed by atoms with Crippen LogP contribution in [0.3, 0.4) is 0 Å². The Bertz CT molecular complexity index is 446. The van der Waals surface area contributed by atoms with E-state index in [1.54, 1.807) is 4.90 Å². The molecule has 1 unspecified atom stereocenters. The monoisotopic (exact) mass is 267 g/mol. The Morgan fingerprint density at radius 3 is 2.68 bits per heavy atom. The van der Waals surface area contributed by atoms with E-state index in [1.807, 2.05) is 4.90 Å². The molecule has 0 aromatic heterocycles. The number of hydrogen-bond donors (Lipinski definition) is 2. The van der Waals surface area contributed by atoms with Crippen LogP contribution in [-0.2, 0) is 9.59 Å². The van der Waals surface area contributed by atoms with Crippen LogP contribution in [0.2, 0.25) is 0 Å². The number of fused-ring (bicyclic) bond motifs is 1. The van der Waals surface area contributed by atoms with Crippen molar-refractivity contribution < 1.29 is 19.5 Å². The molecule has 104 valence electrons. The summed E-state index contributed by atoms with van der Waals surface area (Å²) in [5.74, 6) is -0.801. The van der Waals surface area contributed by atoms with Gasteiger partial charge in [-0.05, 0) is 19.3 Å². The number of nitrogens with one attached hydrogen (secondary N) is 1. The molecule has 2 aliphatic heterocycles. The zero-order chi connectivity index (χ0) is 13.6. The minimum Gasteiger partial charge on any atom is -0.480 e. The van der Waals surface area contributed by atoms with E-state index < -0.39 is 11.5 Å². The molecule has 1 saturated carbocycles. The third-order valence-electron chi connectivity index (χ3n) is 4.29. The Morgan fingerprint density at radius 1 is 1.32 bits per heavy atom. The summed E-state index contributed by atoms with van der Waals surface area (Å²) in [7, 11) is 0. The van der Waals surface area contributed by atoms with Crippen LogP contribution in [0.5, 0.6) is 0 Å². The van der Waals surface area contributed by atoms with E-state index in [0.29, 0.717) is 38.9 Å². The normalized spacial score (nSPS) is 28.0. The second-order valence-electron chi connectivity index (χ2n) is 5.54. The summed E-state index contributed by atoms with van der Waals surface area (Å²) in [5.41, 5.74) is -1.04. The van der Waals surface area contributed by atoms with Crippen molar-refractivity contribution in [1.29, 1.82) is 0 Å². The molecule has 2 saturated heterocycles. The highest BCUT2D eigenvalue weighted by molar-refractivity contribution is 5.89.